The molecule has 0 amide bonds. The lowest BCUT2D eigenvalue weighted by Gasteiger charge is -2.31. The highest BCUT2D eigenvalue weighted by Gasteiger charge is 2.25. The monoisotopic (exact) mass is 140 g/mol. The molecule has 0 aromatic heterocycles. The van der Waals surface area contributed by atoms with Crippen molar-refractivity contribution in [1.82, 2.24) is 0 Å². The maximum atomic E-state index is 9.45. The molecule has 10 heavy (non-hydrogen) atoms. The van der Waals surface area contributed by atoms with Crippen LogP contribution in [0.15, 0.2) is 11.6 Å². The zero-order valence-corrected chi connectivity index (χ0v) is 7.02. The van der Waals surface area contributed by atoms with Gasteiger partial charge in [-0.2, -0.15) is 0 Å². The molecular formula is C9H16O. The molecule has 1 heteroatoms. The Bertz CT molecular complexity index is 156. The van der Waals surface area contributed by atoms with Crippen LogP contribution < -0.4 is 0 Å². The molecule has 1 aliphatic carbocycles. The Labute approximate surface area is 62.8 Å². The molecule has 1 aliphatic rings. The Kier molecular flexibility index (Phi) is 1.86. The lowest BCUT2D eigenvalue weighted by atomic mass is 9.77. The Morgan fingerprint density at radius 3 is 2.60 bits per heavy atom. The van der Waals surface area contributed by atoms with Gasteiger partial charge in [-0.05, 0) is 30.8 Å². The van der Waals surface area contributed by atoms with E-state index in [1.165, 1.54) is 0 Å². The number of allylic oxidation sites excluding steroid dienone is 1. The number of hydrogen-bond acceptors (Lipinski definition) is 1. The average Bonchev–Trinajstić information content (AvgIpc) is 1.79. The van der Waals surface area contributed by atoms with Gasteiger partial charge in [0.1, 0.15) is 0 Å². The predicted molar refractivity (Wildman–Crippen MR) is 42.8 cm³/mol. The summed E-state index contributed by atoms with van der Waals surface area (Å²) in [6, 6.07) is 0. The molecule has 0 heterocycles. The average molecular weight is 140 g/mol. The van der Waals surface area contributed by atoms with Crippen molar-refractivity contribution in [2.24, 2.45) is 5.41 Å². The van der Waals surface area contributed by atoms with Crippen LogP contribution in [0.4, 0.5) is 0 Å². The van der Waals surface area contributed by atoms with Crippen molar-refractivity contribution in [3.63, 3.8) is 0 Å². The van der Waals surface area contributed by atoms with Crippen LogP contribution in [0.2, 0.25) is 0 Å². The molecule has 0 saturated heterocycles. The molecule has 1 N–H and O–H groups in total. The third kappa shape index (κ3) is 1.60. The van der Waals surface area contributed by atoms with E-state index in [-0.39, 0.29) is 6.10 Å². The quantitative estimate of drug-likeness (QED) is 0.511. The molecule has 0 radical (unpaired) electrons. The van der Waals surface area contributed by atoms with Gasteiger partial charge < -0.3 is 5.11 Å². The molecule has 1 nitrogen and oxygen atoms in total. The van der Waals surface area contributed by atoms with Gasteiger partial charge >= 0.3 is 0 Å². The molecule has 0 bridgehead atoms. The molecule has 0 aromatic carbocycles. The van der Waals surface area contributed by atoms with Gasteiger partial charge in [-0.25, -0.2) is 0 Å². The molecule has 0 spiro atoms. The van der Waals surface area contributed by atoms with E-state index in [2.05, 4.69) is 19.9 Å². The summed E-state index contributed by atoms with van der Waals surface area (Å²) >= 11 is 0. The van der Waals surface area contributed by atoms with Gasteiger partial charge in [-0.1, -0.05) is 19.9 Å². The Morgan fingerprint density at radius 2 is 2.20 bits per heavy atom. The van der Waals surface area contributed by atoms with E-state index < -0.39 is 0 Å². The van der Waals surface area contributed by atoms with Crippen LogP contribution in [-0.4, -0.2) is 11.2 Å². The van der Waals surface area contributed by atoms with E-state index in [9.17, 15) is 5.11 Å². The zero-order valence-electron chi connectivity index (χ0n) is 7.02. The van der Waals surface area contributed by atoms with E-state index in [4.69, 9.17) is 0 Å². The summed E-state index contributed by atoms with van der Waals surface area (Å²) in [4.78, 5) is 0. The lowest BCUT2D eigenvalue weighted by molar-refractivity contribution is 0.132. The minimum Gasteiger partial charge on any atom is -0.389 e. The predicted octanol–water partition coefficient (Wildman–Crippen LogP) is 2.11. The molecule has 0 fully saturated rings. The van der Waals surface area contributed by atoms with Crippen molar-refractivity contribution >= 4 is 0 Å². The standard InChI is InChI=1S/C9H16O/c1-7-4-5-9(2,3)6-8(7)10/h4,8,10H,5-6H2,1-3H3. The van der Waals surface area contributed by atoms with Gasteiger partial charge in [0, 0.05) is 0 Å². The van der Waals surface area contributed by atoms with E-state index >= 15 is 0 Å². The largest absolute Gasteiger partial charge is 0.389 e. The highest BCUT2D eigenvalue weighted by atomic mass is 16.3. The smallest absolute Gasteiger partial charge is 0.0752 e. The molecule has 0 saturated carbocycles. The first-order valence-corrected chi connectivity index (χ1v) is 3.86. The van der Waals surface area contributed by atoms with Crippen molar-refractivity contribution in [3.8, 4) is 0 Å². The molecule has 1 atom stereocenters. The molecule has 0 aromatic rings. The number of aliphatic hydroxyl groups is 1. The number of hydrogen-bond donors (Lipinski definition) is 1. The van der Waals surface area contributed by atoms with Crippen molar-refractivity contribution in [2.45, 2.75) is 39.7 Å². The van der Waals surface area contributed by atoms with Gasteiger partial charge in [-0.15, -0.1) is 0 Å². The molecule has 0 aliphatic heterocycles. The van der Waals surface area contributed by atoms with Crippen LogP contribution in [0.3, 0.4) is 0 Å². The maximum Gasteiger partial charge on any atom is 0.0752 e. The third-order valence-electron chi connectivity index (χ3n) is 2.25. The Balaban J connectivity index is 2.69. The first-order chi connectivity index (χ1) is 4.51. The van der Waals surface area contributed by atoms with E-state index in [0.29, 0.717) is 5.41 Å². The second-order valence-electron chi connectivity index (χ2n) is 4.04. The second kappa shape index (κ2) is 2.39. The van der Waals surface area contributed by atoms with Gasteiger partial charge in [0.15, 0.2) is 0 Å². The third-order valence-corrected chi connectivity index (χ3v) is 2.25. The van der Waals surface area contributed by atoms with Crippen molar-refractivity contribution in [1.29, 1.82) is 0 Å². The van der Waals surface area contributed by atoms with Crippen LogP contribution >= 0.6 is 0 Å². The topological polar surface area (TPSA) is 20.2 Å². The summed E-state index contributed by atoms with van der Waals surface area (Å²) in [5, 5.41) is 9.45. The van der Waals surface area contributed by atoms with E-state index in [1.54, 1.807) is 0 Å². The summed E-state index contributed by atoms with van der Waals surface area (Å²) < 4.78 is 0. The number of rotatable bonds is 0. The van der Waals surface area contributed by atoms with Gasteiger partial charge in [-0.3, -0.25) is 0 Å². The fourth-order valence-electron chi connectivity index (χ4n) is 1.34. The second-order valence-corrected chi connectivity index (χ2v) is 4.04. The minimum absolute atomic E-state index is 0.191. The summed E-state index contributed by atoms with van der Waals surface area (Å²) in [5.74, 6) is 0. The summed E-state index contributed by atoms with van der Waals surface area (Å²) in [5.41, 5.74) is 1.44. The molecular weight excluding hydrogens is 124 g/mol. The van der Waals surface area contributed by atoms with E-state index in [1.807, 2.05) is 6.92 Å². The van der Waals surface area contributed by atoms with Crippen LogP contribution in [0, 0.1) is 5.41 Å². The Morgan fingerprint density at radius 1 is 1.60 bits per heavy atom. The molecule has 1 rings (SSSR count). The summed E-state index contributed by atoms with van der Waals surface area (Å²) in [6.07, 6.45) is 3.98. The molecule has 58 valence electrons. The first kappa shape index (κ1) is 7.80. The minimum atomic E-state index is -0.191. The zero-order chi connectivity index (χ0) is 7.78. The normalized spacial score (nSPS) is 31.6. The van der Waals surface area contributed by atoms with Crippen LogP contribution in [0.1, 0.15) is 33.6 Å². The van der Waals surface area contributed by atoms with Crippen molar-refractivity contribution in [3.05, 3.63) is 11.6 Å². The highest BCUT2D eigenvalue weighted by Crippen LogP contribution is 2.33. The lowest BCUT2D eigenvalue weighted by Crippen LogP contribution is -2.25. The van der Waals surface area contributed by atoms with Gasteiger partial charge in [0.25, 0.3) is 0 Å². The SMILES string of the molecule is CC1=CCC(C)(C)CC1O. The Hall–Kier alpha value is -0.300. The summed E-state index contributed by atoms with van der Waals surface area (Å²) in [6.45, 7) is 6.39. The number of aliphatic hydroxyl groups excluding tert-OH is 1. The van der Waals surface area contributed by atoms with Crippen LogP contribution in [0.5, 0.6) is 0 Å². The molecule has 1 unspecified atom stereocenters. The van der Waals surface area contributed by atoms with Crippen molar-refractivity contribution in [2.75, 3.05) is 0 Å². The van der Waals surface area contributed by atoms with Crippen LogP contribution in [-0.2, 0) is 0 Å². The summed E-state index contributed by atoms with van der Waals surface area (Å²) in [7, 11) is 0. The maximum absolute atomic E-state index is 9.45. The van der Waals surface area contributed by atoms with Gasteiger partial charge in [0.2, 0.25) is 0 Å². The van der Waals surface area contributed by atoms with Gasteiger partial charge in [0.05, 0.1) is 6.10 Å². The van der Waals surface area contributed by atoms with Crippen LogP contribution in [0.25, 0.3) is 0 Å². The fourth-order valence-corrected chi connectivity index (χ4v) is 1.34. The van der Waals surface area contributed by atoms with E-state index in [0.717, 1.165) is 18.4 Å². The fraction of sp³-hybridized carbons (Fsp3) is 0.778. The first-order valence-electron chi connectivity index (χ1n) is 3.86. The highest BCUT2D eigenvalue weighted by molar-refractivity contribution is 5.11. The van der Waals surface area contributed by atoms with Crippen molar-refractivity contribution < 1.29 is 5.11 Å².